The highest BCUT2D eigenvalue weighted by atomic mass is 32.1. The minimum absolute atomic E-state index is 0.00822. The summed E-state index contributed by atoms with van der Waals surface area (Å²) in [6, 6.07) is 13.1. The van der Waals surface area contributed by atoms with Crippen LogP contribution in [0.4, 0.5) is 26.3 Å². The molecule has 0 bridgehead atoms. The first-order valence-corrected chi connectivity index (χ1v) is 18.8. The molecule has 1 atom stereocenters. The average molecular weight is 734 g/mol. The maximum Gasteiger partial charge on any atom is 0.355 e. The minimum Gasteiger partial charge on any atom is -0.491 e. The van der Waals surface area contributed by atoms with Crippen LogP contribution in [0.25, 0.3) is 10.2 Å². The van der Waals surface area contributed by atoms with Gasteiger partial charge in [-0.2, -0.15) is 0 Å². The molecule has 5 aromatic rings. The molecule has 3 aromatic heterocycles. The van der Waals surface area contributed by atoms with E-state index < -0.39 is 5.97 Å². The van der Waals surface area contributed by atoms with Crippen LogP contribution in [0.15, 0.2) is 42.5 Å². The maximum absolute atomic E-state index is 14.8. The van der Waals surface area contributed by atoms with Crippen LogP contribution in [0.1, 0.15) is 44.9 Å². The van der Waals surface area contributed by atoms with E-state index in [0.29, 0.717) is 41.0 Å². The Morgan fingerprint density at radius 1 is 1.10 bits per heavy atom. The van der Waals surface area contributed by atoms with Crippen LogP contribution in [0.2, 0.25) is 0 Å². The fourth-order valence-corrected chi connectivity index (χ4v) is 8.07. The van der Waals surface area contributed by atoms with Crippen LogP contribution in [0, 0.1) is 12.7 Å². The topological polar surface area (TPSA) is 141 Å². The van der Waals surface area contributed by atoms with E-state index in [2.05, 4.69) is 36.0 Å². The number of ether oxygens (including phenoxy) is 1. The fourth-order valence-electron chi connectivity index (χ4n) is 6.10. The Kier molecular flexibility index (Phi) is 12.0. The molecule has 4 N–H and O–H groups in total. The molecule has 0 saturated heterocycles. The molecular weight excluding hydrogens is 690 g/mol. The summed E-state index contributed by atoms with van der Waals surface area (Å²) in [6.45, 7) is 5.32. The molecule has 4 heterocycles. The van der Waals surface area contributed by atoms with Crippen LogP contribution >= 0.6 is 22.7 Å². The molecule has 51 heavy (non-hydrogen) atoms. The van der Waals surface area contributed by atoms with E-state index in [4.69, 9.17) is 9.72 Å². The third-order valence-electron chi connectivity index (χ3n) is 8.75. The number of nitrogens with zero attached hydrogens (tertiary/aromatic N) is 6. The highest BCUT2D eigenvalue weighted by molar-refractivity contribution is 7.22. The number of carboxylic acid groups (broad SMARTS) is 1. The Labute approximate surface area is 305 Å². The van der Waals surface area contributed by atoms with E-state index in [1.54, 1.807) is 17.4 Å². The Hall–Kier alpha value is -4.28. The van der Waals surface area contributed by atoms with Crippen molar-refractivity contribution in [2.45, 2.75) is 45.1 Å². The van der Waals surface area contributed by atoms with E-state index in [0.717, 1.165) is 70.9 Å². The van der Waals surface area contributed by atoms with Crippen LogP contribution in [-0.4, -0.2) is 96.1 Å². The van der Waals surface area contributed by atoms with Gasteiger partial charge in [-0.1, -0.05) is 29.5 Å². The molecule has 0 amide bonds. The Morgan fingerprint density at radius 2 is 1.94 bits per heavy atom. The first-order valence-electron chi connectivity index (χ1n) is 17.1. The Bertz CT molecular complexity index is 1930. The molecule has 6 rings (SSSR count). The number of hydrogen-bond donors (Lipinski definition) is 4. The zero-order valence-electron chi connectivity index (χ0n) is 29.3. The summed E-state index contributed by atoms with van der Waals surface area (Å²) >= 11 is 2.89. The van der Waals surface area contributed by atoms with E-state index in [1.807, 2.05) is 63.3 Å². The predicted octanol–water partition coefficient (Wildman–Crippen LogP) is 5.81. The third-order valence-corrected chi connectivity index (χ3v) is 10.8. The highest BCUT2D eigenvalue weighted by Crippen LogP contribution is 2.39. The molecular formula is C36H44FN9O3S2. The van der Waals surface area contributed by atoms with Gasteiger partial charge in [-0.3, -0.25) is 4.90 Å². The van der Waals surface area contributed by atoms with Crippen molar-refractivity contribution in [3.8, 4) is 5.75 Å². The second kappa shape index (κ2) is 16.8. The number of nitrogens with one attached hydrogen (secondary N) is 3. The van der Waals surface area contributed by atoms with Gasteiger partial charge >= 0.3 is 5.97 Å². The van der Waals surface area contributed by atoms with Gasteiger partial charge in [0, 0.05) is 41.7 Å². The van der Waals surface area contributed by atoms with Crippen molar-refractivity contribution < 1.29 is 19.0 Å². The summed E-state index contributed by atoms with van der Waals surface area (Å²) in [5.41, 5.74) is 3.82. The van der Waals surface area contributed by atoms with Gasteiger partial charge in [-0.15, -0.1) is 21.5 Å². The quantitative estimate of drug-likeness (QED) is 0.0858. The molecule has 0 unspecified atom stereocenters. The lowest BCUT2D eigenvalue weighted by molar-refractivity contribution is 0.0690. The van der Waals surface area contributed by atoms with Gasteiger partial charge in [0.05, 0.1) is 16.8 Å². The zero-order chi connectivity index (χ0) is 35.9. The number of aryl methyl sites for hydroxylation is 2. The number of para-hydroxylation sites is 1. The number of hydrogen-bond acceptors (Lipinski definition) is 13. The van der Waals surface area contributed by atoms with Crippen LogP contribution in [-0.2, 0) is 19.3 Å². The molecule has 0 radical (unpaired) electrons. The lowest BCUT2D eigenvalue weighted by Gasteiger charge is -2.34. The summed E-state index contributed by atoms with van der Waals surface area (Å²) in [4.78, 5) is 26.4. The van der Waals surface area contributed by atoms with Crippen molar-refractivity contribution in [2.75, 3.05) is 64.1 Å². The van der Waals surface area contributed by atoms with Crippen LogP contribution in [0.5, 0.6) is 5.75 Å². The standard InChI is InChI=1S/C36H44FN9O3S2/c1-22-25-20-24(39-16-15-38-2)21-46(33(25)44-43-32(22)42-35-40-27-10-5-6-11-29(27)50-35)36-41-31(34(47)48)30(51-36)12-8-18-49-28-14-13-23(19-26(28)37)9-7-17-45(3)4/h5-6,10-11,13-14,19,24,38-39H,7-9,12,15-18,20-21H2,1-4H3,(H,47,48)(H,40,42,43)/t24-/m1/s1. The van der Waals surface area contributed by atoms with E-state index in [-0.39, 0.29) is 29.9 Å². The van der Waals surface area contributed by atoms with E-state index in [1.165, 1.54) is 17.4 Å². The summed E-state index contributed by atoms with van der Waals surface area (Å²) in [5.74, 6) is 0.00540. The summed E-state index contributed by atoms with van der Waals surface area (Å²) in [5, 5.41) is 30.8. The summed E-state index contributed by atoms with van der Waals surface area (Å²) < 4.78 is 21.6. The second-order valence-electron chi connectivity index (χ2n) is 12.9. The van der Waals surface area contributed by atoms with Crippen molar-refractivity contribution in [1.29, 1.82) is 0 Å². The summed E-state index contributed by atoms with van der Waals surface area (Å²) in [7, 11) is 5.96. The number of aromatic carboxylic acids is 1. The number of fused-ring (bicyclic) bond motifs is 2. The number of thiazole rings is 2. The highest BCUT2D eigenvalue weighted by Gasteiger charge is 2.32. The lowest BCUT2D eigenvalue weighted by atomic mass is 9.97. The van der Waals surface area contributed by atoms with Crippen LogP contribution in [0.3, 0.4) is 0 Å². The number of halogens is 1. The molecule has 15 heteroatoms. The van der Waals surface area contributed by atoms with Gasteiger partial charge < -0.3 is 30.7 Å². The molecule has 0 spiro atoms. The number of aromatic nitrogens is 4. The number of anilines is 4. The first-order chi connectivity index (χ1) is 24.7. The van der Waals surface area contributed by atoms with Crippen molar-refractivity contribution in [1.82, 2.24) is 35.7 Å². The van der Waals surface area contributed by atoms with Crippen molar-refractivity contribution in [3.63, 3.8) is 0 Å². The number of rotatable bonds is 17. The monoisotopic (exact) mass is 733 g/mol. The number of carboxylic acids is 1. The van der Waals surface area contributed by atoms with Crippen molar-refractivity contribution in [2.24, 2.45) is 0 Å². The van der Waals surface area contributed by atoms with Gasteiger partial charge in [0.1, 0.15) is 0 Å². The molecule has 2 aromatic carbocycles. The van der Waals surface area contributed by atoms with Gasteiger partial charge in [-0.25, -0.2) is 19.2 Å². The van der Waals surface area contributed by atoms with Crippen LogP contribution < -0.4 is 25.6 Å². The minimum atomic E-state index is -1.09. The predicted molar refractivity (Wildman–Crippen MR) is 202 cm³/mol. The van der Waals surface area contributed by atoms with E-state index >= 15 is 0 Å². The largest absolute Gasteiger partial charge is 0.491 e. The molecule has 1 aliphatic rings. The number of benzene rings is 2. The SMILES string of the molecule is CNCCN[C@@H]1Cc2c(nnc(Nc3nc4ccccc4s3)c2C)N(c2nc(C(=O)O)c(CCCOc3ccc(CCCN(C)C)cc3F)s2)C1. The van der Waals surface area contributed by atoms with Crippen molar-refractivity contribution >= 4 is 60.8 Å². The number of likely N-dealkylation sites (N-methyl/N-ethyl adjacent to an activating group) is 1. The normalized spacial score (nSPS) is 14.3. The zero-order valence-corrected chi connectivity index (χ0v) is 31.0. The maximum atomic E-state index is 14.8. The van der Waals surface area contributed by atoms with Gasteiger partial charge in [0.2, 0.25) is 0 Å². The molecule has 0 fully saturated rings. The van der Waals surface area contributed by atoms with Gasteiger partial charge in [0.15, 0.2) is 39.2 Å². The third kappa shape index (κ3) is 8.97. The first kappa shape index (κ1) is 36.5. The Balaban J connectivity index is 1.18. The van der Waals surface area contributed by atoms with E-state index in [9.17, 15) is 14.3 Å². The molecule has 0 aliphatic carbocycles. The smallest absolute Gasteiger partial charge is 0.355 e. The Morgan fingerprint density at radius 3 is 2.71 bits per heavy atom. The van der Waals surface area contributed by atoms with Gasteiger partial charge in [-0.05, 0) is 96.5 Å². The van der Waals surface area contributed by atoms with Crippen molar-refractivity contribution in [3.05, 3.63) is 75.5 Å². The molecule has 12 nitrogen and oxygen atoms in total. The summed E-state index contributed by atoms with van der Waals surface area (Å²) in [6.07, 6.45) is 3.38. The average Bonchev–Trinajstić information content (AvgIpc) is 3.73. The lowest BCUT2D eigenvalue weighted by Crippen LogP contribution is -2.46. The molecule has 270 valence electrons. The van der Waals surface area contributed by atoms with Gasteiger partial charge in [0.25, 0.3) is 0 Å². The fraction of sp³-hybridized carbons (Fsp3) is 0.417. The second-order valence-corrected chi connectivity index (χ2v) is 14.9. The number of carbonyl (C=O) groups is 1. The molecule has 0 saturated carbocycles. The molecule has 1 aliphatic heterocycles.